The van der Waals surface area contributed by atoms with Crippen molar-refractivity contribution in [2.75, 3.05) is 0 Å². The van der Waals surface area contributed by atoms with Crippen molar-refractivity contribution in [3.8, 4) is 0 Å². The van der Waals surface area contributed by atoms with Crippen LogP contribution in [0.2, 0.25) is 0 Å². The SMILES string of the molecule is Cc1ccc(Cn2c(SCc3ccccc3)nc3ccccc3c2=O)cc1. The number of rotatable bonds is 5. The number of hydrogen-bond acceptors (Lipinski definition) is 3. The molecule has 0 N–H and O–H groups in total. The lowest BCUT2D eigenvalue weighted by molar-refractivity contribution is 0.658. The van der Waals surface area contributed by atoms with Gasteiger partial charge in [0.2, 0.25) is 0 Å². The van der Waals surface area contributed by atoms with Gasteiger partial charge in [0, 0.05) is 5.75 Å². The molecule has 0 saturated carbocycles. The summed E-state index contributed by atoms with van der Waals surface area (Å²) in [6, 6.07) is 26.1. The Labute approximate surface area is 162 Å². The van der Waals surface area contributed by atoms with Gasteiger partial charge >= 0.3 is 0 Å². The topological polar surface area (TPSA) is 34.9 Å². The van der Waals surface area contributed by atoms with E-state index in [0.717, 1.165) is 22.0 Å². The van der Waals surface area contributed by atoms with E-state index in [0.29, 0.717) is 11.9 Å². The summed E-state index contributed by atoms with van der Waals surface area (Å²) in [6.07, 6.45) is 0. The number of aryl methyl sites for hydroxylation is 1. The lowest BCUT2D eigenvalue weighted by Crippen LogP contribution is -2.24. The predicted molar refractivity (Wildman–Crippen MR) is 112 cm³/mol. The number of fused-ring (bicyclic) bond motifs is 1. The fourth-order valence-electron chi connectivity index (χ4n) is 3.00. The zero-order chi connectivity index (χ0) is 18.6. The second-order valence-electron chi connectivity index (χ2n) is 6.56. The highest BCUT2D eigenvalue weighted by Gasteiger charge is 2.12. The maximum Gasteiger partial charge on any atom is 0.262 e. The van der Waals surface area contributed by atoms with Crippen LogP contribution in [0.25, 0.3) is 10.9 Å². The van der Waals surface area contributed by atoms with E-state index < -0.39 is 0 Å². The Morgan fingerprint density at radius 3 is 2.33 bits per heavy atom. The third-order valence-electron chi connectivity index (χ3n) is 4.50. The van der Waals surface area contributed by atoms with Gasteiger partial charge in [-0.1, -0.05) is 84.1 Å². The molecule has 0 radical (unpaired) electrons. The molecule has 0 unspecified atom stereocenters. The molecule has 1 heterocycles. The van der Waals surface area contributed by atoms with Gasteiger partial charge in [0.25, 0.3) is 5.56 Å². The van der Waals surface area contributed by atoms with E-state index in [9.17, 15) is 4.79 Å². The van der Waals surface area contributed by atoms with Gasteiger partial charge in [-0.05, 0) is 30.2 Å². The standard InChI is InChI=1S/C23H20N2OS/c1-17-11-13-18(14-12-17)15-25-22(26)20-9-5-6-10-21(20)24-23(25)27-16-19-7-3-2-4-8-19/h2-14H,15-16H2,1H3. The molecule has 4 rings (SSSR count). The van der Waals surface area contributed by atoms with Crippen molar-refractivity contribution in [1.82, 2.24) is 9.55 Å². The molecular weight excluding hydrogens is 352 g/mol. The Morgan fingerprint density at radius 2 is 1.56 bits per heavy atom. The highest BCUT2D eigenvalue weighted by Crippen LogP contribution is 2.23. The second-order valence-corrected chi connectivity index (χ2v) is 7.51. The quantitative estimate of drug-likeness (QED) is 0.363. The molecule has 0 saturated heterocycles. The van der Waals surface area contributed by atoms with Crippen LogP contribution in [0.5, 0.6) is 0 Å². The van der Waals surface area contributed by atoms with Gasteiger partial charge in [-0.2, -0.15) is 0 Å². The van der Waals surface area contributed by atoms with Crippen LogP contribution in [0, 0.1) is 6.92 Å². The number of para-hydroxylation sites is 1. The van der Waals surface area contributed by atoms with Gasteiger partial charge in [-0.3, -0.25) is 9.36 Å². The third kappa shape index (κ3) is 3.96. The molecule has 0 bridgehead atoms. The van der Waals surface area contributed by atoms with Crippen LogP contribution >= 0.6 is 11.8 Å². The molecule has 0 aliphatic heterocycles. The van der Waals surface area contributed by atoms with Crippen molar-refractivity contribution in [2.24, 2.45) is 0 Å². The first kappa shape index (κ1) is 17.6. The van der Waals surface area contributed by atoms with Gasteiger partial charge < -0.3 is 0 Å². The fourth-order valence-corrected chi connectivity index (χ4v) is 3.95. The smallest absolute Gasteiger partial charge is 0.262 e. The van der Waals surface area contributed by atoms with E-state index in [4.69, 9.17) is 4.98 Å². The highest BCUT2D eigenvalue weighted by molar-refractivity contribution is 7.98. The molecule has 3 aromatic carbocycles. The van der Waals surface area contributed by atoms with Crippen LogP contribution in [-0.2, 0) is 12.3 Å². The summed E-state index contributed by atoms with van der Waals surface area (Å²) in [6.45, 7) is 2.59. The van der Waals surface area contributed by atoms with Crippen molar-refractivity contribution < 1.29 is 0 Å². The van der Waals surface area contributed by atoms with Crippen molar-refractivity contribution in [3.05, 3.63) is 106 Å². The zero-order valence-corrected chi connectivity index (χ0v) is 15.9. The number of thioether (sulfide) groups is 1. The van der Waals surface area contributed by atoms with E-state index in [2.05, 4.69) is 43.3 Å². The molecule has 0 aliphatic carbocycles. The number of hydrogen-bond donors (Lipinski definition) is 0. The largest absolute Gasteiger partial charge is 0.283 e. The lowest BCUT2D eigenvalue weighted by atomic mass is 10.1. The summed E-state index contributed by atoms with van der Waals surface area (Å²) in [4.78, 5) is 17.9. The van der Waals surface area contributed by atoms with Crippen LogP contribution in [0.15, 0.2) is 88.8 Å². The first-order chi connectivity index (χ1) is 13.2. The Hall–Kier alpha value is -2.85. The summed E-state index contributed by atoms with van der Waals surface area (Å²) in [5, 5.41) is 1.41. The second kappa shape index (κ2) is 7.80. The van der Waals surface area contributed by atoms with Crippen molar-refractivity contribution in [1.29, 1.82) is 0 Å². The van der Waals surface area contributed by atoms with Crippen LogP contribution in [0.4, 0.5) is 0 Å². The van der Waals surface area contributed by atoms with Gasteiger partial charge in [0.15, 0.2) is 5.16 Å². The monoisotopic (exact) mass is 372 g/mol. The van der Waals surface area contributed by atoms with Crippen molar-refractivity contribution >= 4 is 22.7 Å². The van der Waals surface area contributed by atoms with Crippen LogP contribution in [0.3, 0.4) is 0 Å². The molecule has 4 aromatic rings. The molecule has 27 heavy (non-hydrogen) atoms. The molecule has 1 aromatic heterocycles. The maximum atomic E-state index is 13.1. The summed E-state index contributed by atoms with van der Waals surface area (Å²) in [5.41, 5.74) is 4.28. The van der Waals surface area contributed by atoms with E-state index in [1.807, 2.05) is 42.5 Å². The summed E-state index contributed by atoms with van der Waals surface area (Å²) in [7, 11) is 0. The van der Waals surface area contributed by atoms with Crippen LogP contribution < -0.4 is 5.56 Å². The van der Waals surface area contributed by atoms with E-state index in [-0.39, 0.29) is 5.56 Å². The Balaban J connectivity index is 1.75. The Kier molecular flexibility index (Phi) is 5.07. The van der Waals surface area contributed by atoms with Gasteiger partial charge in [0.1, 0.15) is 0 Å². The van der Waals surface area contributed by atoms with Crippen molar-refractivity contribution in [3.63, 3.8) is 0 Å². The highest BCUT2D eigenvalue weighted by atomic mass is 32.2. The van der Waals surface area contributed by atoms with Crippen LogP contribution in [-0.4, -0.2) is 9.55 Å². The van der Waals surface area contributed by atoms with Gasteiger partial charge in [-0.25, -0.2) is 4.98 Å². The Morgan fingerprint density at radius 1 is 0.852 bits per heavy atom. The number of aromatic nitrogens is 2. The molecular formula is C23H20N2OS. The molecule has 134 valence electrons. The van der Waals surface area contributed by atoms with Gasteiger partial charge in [0.05, 0.1) is 17.4 Å². The average Bonchev–Trinajstić information content (AvgIpc) is 2.71. The lowest BCUT2D eigenvalue weighted by Gasteiger charge is -2.13. The van der Waals surface area contributed by atoms with Crippen LogP contribution in [0.1, 0.15) is 16.7 Å². The summed E-state index contributed by atoms with van der Waals surface area (Å²) in [5.74, 6) is 0.777. The summed E-state index contributed by atoms with van der Waals surface area (Å²) < 4.78 is 1.79. The Bertz CT molecular complexity index is 1120. The molecule has 0 fully saturated rings. The molecule has 3 nitrogen and oxygen atoms in total. The zero-order valence-electron chi connectivity index (χ0n) is 15.1. The molecule has 0 aliphatic rings. The molecule has 0 spiro atoms. The number of nitrogens with zero attached hydrogens (tertiary/aromatic N) is 2. The molecule has 0 amide bonds. The first-order valence-electron chi connectivity index (χ1n) is 8.92. The minimum Gasteiger partial charge on any atom is -0.283 e. The number of benzene rings is 3. The van der Waals surface area contributed by atoms with E-state index in [1.165, 1.54) is 11.1 Å². The average molecular weight is 372 g/mol. The first-order valence-corrected chi connectivity index (χ1v) is 9.91. The fraction of sp³-hybridized carbons (Fsp3) is 0.130. The molecule has 0 atom stereocenters. The normalized spacial score (nSPS) is 11.0. The third-order valence-corrected chi connectivity index (χ3v) is 5.55. The summed E-state index contributed by atoms with van der Waals surface area (Å²) >= 11 is 1.60. The minimum absolute atomic E-state index is 0.0109. The van der Waals surface area contributed by atoms with E-state index >= 15 is 0 Å². The molecule has 4 heteroatoms. The van der Waals surface area contributed by atoms with E-state index in [1.54, 1.807) is 16.3 Å². The van der Waals surface area contributed by atoms with Crippen molar-refractivity contribution in [2.45, 2.75) is 24.4 Å². The maximum absolute atomic E-state index is 13.1. The van der Waals surface area contributed by atoms with Gasteiger partial charge in [-0.15, -0.1) is 0 Å². The minimum atomic E-state index is 0.0109. The predicted octanol–water partition coefficient (Wildman–Crippen LogP) is 5.05.